The lowest BCUT2D eigenvalue weighted by Gasteiger charge is -2.22. The van der Waals surface area contributed by atoms with Crippen LogP contribution in [-0.4, -0.2) is 54.1 Å². The number of ether oxygens (including phenoxy) is 1. The maximum absolute atomic E-state index is 14.7. The van der Waals surface area contributed by atoms with E-state index in [2.05, 4.69) is 15.6 Å². The van der Waals surface area contributed by atoms with Crippen molar-refractivity contribution in [1.29, 1.82) is 5.41 Å². The van der Waals surface area contributed by atoms with Crippen LogP contribution in [0.25, 0.3) is 0 Å². The van der Waals surface area contributed by atoms with Crippen LogP contribution in [0.15, 0.2) is 42.9 Å². The van der Waals surface area contributed by atoms with Crippen molar-refractivity contribution in [2.45, 2.75) is 12.5 Å². The number of hydrogen-bond donors (Lipinski definition) is 5. The van der Waals surface area contributed by atoms with Crippen LogP contribution >= 0.6 is 0 Å². The summed E-state index contributed by atoms with van der Waals surface area (Å²) in [6.45, 7) is 1.25. The molecule has 0 spiro atoms. The van der Waals surface area contributed by atoms with Crippen LogP contribution in [-0.2, 0) is 4.79 Å². The maximum Gasteiger partial charge on any atom is 0.237 e. The molecule has 2 heterocycles. The topological polar surface area (TPSA) is 146 Å². The van der Waals surface area contributed by atoms with Gasteiger partial charge in [0.1, 0.15) is 5.82 Å². The molecule has 1 aliphatic heterocycles. The number of aromatic nitrogens is 1. The van der Waals surface area contributed by atoms with Crippen molar-refractivity contribution in [2.24, 2.45) is 11.5 Å². The molecule has 0 fully saturated rings. The first-order chi connectivity index (χ1) is 16.2. The van der Waals surface area contributed by atoms with Gasteiger partial charge in [-0.1, -0.05) is 0 Å². The molecular formula is C21H25F3N8O2. The van der Waals surface area contributed by atoms with Crippen molar-refractivity contribution in [3.63, 3.8) is 0 Å². The van der Waals surface area contributed by atoms with Gasteiger partial charge in [-0.3, -0.25) is 10.2 Å². The standard InChI is InChI=1S/C21H25F3N8O2/c22-13-1-4-17(30-11-13)34-16-3-2-15(18(23)19(16)24)32-10-9-31(12-32)8-7-28-20(33)14(25)5-6-29-21(26)27/h1-4,9-11,14H,5-8,12,25H2,(H,28,33)(H4,26,27,29)/t14-/m1/s1. The van der Waals surface area contributed by atoms with Crippen LogP contribution in [0.4, 0.5) is 18.9 Å². The number of pyridine rings is 1. The molecule has 0 radical (unpaired) electrons. The molecule has 0 unspecified atom stereocenters. The third-order valence-electron chi connectivity index (χ3n) is 4.85. The molecule has 3 rings (SSSR count). The van der Waals surface area contributed by atoms with Crippen molar-refractivity contribution in [3.05, 3.63) is 60.3 Å². The quantitative estimate of drug-likeness (QED) is 0.253. The van der Waals surface area contributed by atoms with Crippen LogP contribution in [0, 0.1) is 22.9 Å². The average molecular weight is 478 g/mol. The number of guanidine groups is 1. The van der Waals surface area contributed by atoms with Crippen LogP contribution in [0.5, 0.6) is 11.6 Å². The minimum atomic E-state index is -1.20. The predicted molar refractivity (Wildman–Crippen MR) is 119 cm³/mol. The molecule has 7 N–H and O–H groups in total. The summed E-state index contributed by atoms with van der Waals surface area (Å²) in [6.07, 6.45) is 4.49. The van der Waals surface area contributed by atoms with E-state index in [4.69, 9.17) is 21.6 Å². The van der Waals surface area contributed by atoms with Crippen molar-refractivity contribution >= 4 is 17.6 Å². The summed E-state index contributed by atoms with van der Waals surface area (Å²) in [6, 6.07) is 4.17. The van der Waals surface area contributed by atoms with E-state index in [0.717, 1.165) is 12.3 Å². The highest BCUT2D eigenvalue weighted by Crippen LogP contribution is 2.32. The Balaban J connectivity index is 1.49. The first-order valence-electron chi connectivity index (χ1n) is 10.3. The summed E-state index contributed by atoms with van der Waals surface area (Å²) in [5.41, 5.74) is 11.0. The lowest BCUT2D eigenvalue weighted by molar-refractivity contribution is -0.122. The lowest BCUT2D eigenvalue weighted by Crippen LogP contribution is -2.45. The number of benzene rings is 1. The van der Waals surface area contributed by atoms with Gasteiger partial charge in [0, 0.05) is 38.1 Å². The van der Waals surface area contributed by atoms with Gasteiger partial charge in [0.2, 0.25) is 17.6 Å². The average Bonchev–Trinajstić information content (AvgIpc) is 3.26. The molecule has 1 aromatic carbocycles. The summed E-state index contributed by atoms with van der Waals surface area (Å²) in [4.78, 5) is 19.0. The zero-order chi connectivity index (χ0) is 24.7. The Morgan fingerprint density at radius 3 is 2.65 bits per heavy atom. The molecule has 0 aliphatic carbocycles. The zero-order valence-electron chi connectivity index (χ0n) is 18.1. The molecule has 34 heavy (non-hydrogen) atoms. The summed E-state index contributed by atoms with van der Waals surface area (Å²) in [7, 11) is 0. The first kappa shape index (κ1) is 24.6. The number of amides is 1. The second-order valence-electron chi connectivity index (χ2n) is 7.38. The van der Waals surface area contributed by atoms with Gasteiger partial charge in [-0.05, 0) is 24.6 Å². The van der Waals surface area contributed by atoms with Crippen LogP contribution in [0.1, 0.15) is 6.42 Å². The Kier molecular flexibility index (Phi) is 8.14. The number of carbonyl (C=O) groups is 1. The van der Waals surface area contributed by atoms with E-state index >= 15 is 0 Å². The van der Waals surface area contributed by atoms with E-state index < -0.39 is 23.5 Å². The number of rotatable bonds is 10. The number of hydrogen-bond acceptors (Lipinski definition) is 7. The molecule has 1 amide bonds. The van der Waals surface area contributed by atoms with Crippen LogP contribution in [0.2, 0.25) is 0 Å². The number of anilines is 1. The summed E-state index contributed by atoms with van der Waals surface area (Å²) >= 11 is 0. The third-order valence-corrected chi connectivity index (χ3v) is 4.85. The van der Waals surface area contributed by atoms with Crippen LogP contribution in [0.3, 0.4) is 0 Å². The molecule has 182 valence electrons. The van der Waals surface area contributed by atoms with Gasteiger partial charge in [-0.25, -0.2) is 13.8 Å². The van der Waals surface area contributed by atoms with Gasteiger partial charge in [-0.2, -0.15) is 4.39 Å². The Morgan fingerprint density at radius 2 is 1.94 bits per heavy atom. The number of halogens is 3. The highest BCUT2D eigenvalue weighted by molar-refractivity contribution is 5.81. The maximum atomic E-state index is 14.7. The van der Waals surface area contributed by atoms with E-state index in [1.165, 1.54) is 23.1 Å². The number of nitrogens with two attached hydrogens (primary N) is 2. The molecule has 10 nitrogen and oxygen atoms in total. The molecule has 0 bridgehead atoms. The zero-order valence-corrected chi connectivity index (χ0v) is 18.1. The third kappa shape index (κ3) is 6.51. The van der Waals surface area contributed by atoms with E-state index in [1.807, 2.05) is 0 Å². The van der Waals surface area contributed by atoms with Gasteiger partial charge in [-0.15, -0.1) is 0 Å². The smallest absolute Gasteiger partial charge is 0.237 e. The normalized spacial score (nSPS) is 13.6. The molecule has 2 aromatic rings. The fraction of sp³-hybridized carbons (Fsp3) is 0.286. The largest absolute Gasteiger partial charge is 0.436 e. The first-order valence-corrected chi connectivity index (χ1v) is 10.3. The summed E-state index contributed by atoms with van der Waals surface area (Å²) in [5, 5.41) is 12.3. The number of carbonyl (C=O) groups excluding carboxylic acids is 1. The molecule has 13 heteroatoms. The summed E-state index contributed by atoms with van der Waals surface area (Å²) in [5.74, 6) is -3.87. The molecule has 1 aromatic heterocycles. The van der Waals surface area contributed by atoms with Crippen molar-refractivity contribution in [1.82, 2.24) is 20.5 Å². The highest BCUT2D eigenvalue weighted by atomic mass is 19.2. The summed E-state index contributed by atoms with van der Waals surface area (Å²) < 4.78 is 47.4. The van der Waals surface area contributed by atoms with Crippen molar-refractivity contribution in [2.75, 3.05) is 31.2 Å². The Labute approximate surface area is 193 Å². The molecule has 1 aliphatic rings. The molecule has 0 saturated carbocycles. The Hall–Kier alpha value is -4.00. The predicted octanol–water partition coefficient (Wildman–Crippen LogP) is 1.16. The van der Waals surface area contributed by atoms with Gasteiger partial charge < -0.3 is 36.6 Å². The van der Waals surface area contributed by atoms with E-state index in [0.29, 0.717) is 26.1 Å². The van der Waals surface area contributed by atoms with E-state index in [-0.39, 0.29) is 35.9 Å². The van der Waals surface area contributed by atoms with Crippen molar-refractivity contribution in [3.8, 4) is 11.6 Å². The number of nitrogens with one attached hydrogen (secondary N) is 3. The number of nitrogens with zero attached hydrogens (tertiary/aromatic N) is 3. The Bertz CT molecular complexity index is 1050. The fourth-order valence-electron chi connectivity index (χ4n) is 3.07. The second kappa shape index (κ2) is 11.2. The monoisotopic (exact) mass is 478 g/mol. The van der Waals surface area contributed by atoms with Gasteiger partial charge in [0.05, 0.1) is 24.6 Å². The van der Waals surface area contributed by atoms with Gasteiger partial charge >= 0.3 is 0 Å². The lowest BCUT2D eigenvalue weighted by atomic mass is 10.2. The van der Waals surface area contributed by atoms with Crippen LogP contribution < -0.4 is 31.7 Å². The van der Waals surface area contributed by atoms with Gasteiger partial charge in [0.25, 0.3) is 0 Å². The highest BCUT2D eigenvalue weighted by Gasteiger charge is 2.22. The Morgan fingerprint density at radius 1 is 1.15 bits per heavy atom. The van der Waals surface area contributed by atoms with E-state index in [9.17, 15) is 18.0 Å². The molecular weight excluding hydrogens is 453 g/mol. The fourth-order valence-corrected chi connectivity index (χ4v) is 3.07. The van der Waals surface area contributed by atoms with Crippen molar-refractivity contribution < 1.29 is 22.7 Å². The molecule has 0 saturated heterocycles. The SMILES string of the molecule is N=C(N)NCC[C@@H](N)C(=O)NCCN1C=CN(c2ccc(Oc3ccc(F)cn3)c(F)c2F)C1. The minimum Gasteiger partial charge on any atom is -0.436 e. The van der Waals surface area contributed by atoms with Gasteiger partial charge in [0.15, 0.2) is 17.5 Å². The minimum absolute atomic E-state index is 0.000283. The second-order valence-corrected chi connectivity index (χ2v) is 7.38. The van der Waals surface area contributed by atoms with E-state index in [1.54, 1.807) is 17.3 Å². The molecule has 1 atom stereocenters.